The molecule has 2 aliphatic rings. The zero-order chi connectivity index (χ0) is 18.1. The predicted molar refractivity (Wildman–Crippen MR) is 103 cm³/mol. The minimum absolute atomic E-state index is 0.00621. The van der Waals surface area contributed by atoms with Crippen LogP contribution in [0.25, 0.3) is 0 Å². The van der Waals surface area contributed by atoms with E-state index in [-0.39, 0.29) is 17.7 Å². The van der Waals surface area contributed by atoms with Crippen LogP contribution >= 0.6 is 11.8 Å². The van der Waals surface area contributed by atoms with Gasteiger partial charge in [-0.1, -0.05) is 23.9 Å². The minimum Gasteiger partial charge on any atom is -0.348 e. The van der Waals surface area contributed by atoms with Gasteiger partial charge in [0.25, 0.3) is 5.91 Å². The number of ketones is 1. The Bertz CT molecular complexity index is 817. The first kappa shape index (κ1) is 17.3. The largest absolute Gasteiger partial charge is 0.348 e. The molecular formula is C21H22N2O2S. The molecule has 2 bridgehead atoms. The maximum atomic E-state index is 12.5. The Kier molecular flexibility index (Phi) is 4.83. The van der Waals surface area contributed by atoms with Crippen molar-refractivity contribution in [3.8, 4) is 0 Å². The molecule has 3 atom stereocenters. The Balaban J connectivity index is 1.37. The third kappa shape index (κ3) is 3.69. The number of benzene rings is 2. The molecule has 2 N–H and O–H groups in total. The first-order valence-corrected chi connectivity index (χ1v) is 9.86. The number of fused-ring (bicyclic) bond motifs is 2. The van der Waals surface area contributed by atoms with Gasteiger partial charge in [-0.25, -0.2) is 0 Å². The Morgan fingerprint density at radius 1 is 0.962 bits per heavy atom. The fourth-order valence-electron chi connectivity index (χ4n) is 3.80. The molecule has 4 nitrogen and oxygen atoms in total. The topological polar surface area (TPSA) is 58.2 Å². The molecular weight excluding hydrogens is 344 g/mol. The van der Waals surface area contributed by atoms with Gasteiger partial charge in [-0.05, 0) is 62.6 Å². The summed E-state index contributed by atoms with van der Waals surface area (Å²) in [5.74, 6) is 0.0781. The molecule has 2 aliphatic heterocycles. The number of hydrogen-bond acceptors (Lipinski definition) is 4. The van der Waals surface area contributed by atoms with Crippen LogP contribution in [0.4, 0.5) is 0 Å². The highest BCUT2D eigenvalue weighted by atomic mass is 32.2. The van der Waals surface area contributed by atoms with Crippen LogP contribution < -0.4 is 10.6 Å². The number of Topliss-reactive ketones (excluding diaryl/α,β-unsaturated/α-hetero) is 1. The summed E-state index contributed by atoms with van der Waals surface area (Å²) in [6, 6.07) is 16.6. The molecule has 0 radical (unpaired) electrons. The summed E-state index contributed by atoms with van der Waals surface area (Å²) in [5, 5.41) is 6.72. The fourth-order valence-corrected chi connectivity index (χ4v) is 4.62. The van der Waals surface area contributed by atoms with Crippen LogP contribution in [0.5, 0.6) is 0 Å². The molecule has 26 heavy (non-hydrogen) atoms. The third-order valence-corrected chi connectivity index (χ3v) is 6.25. The first-order chi connectivity index (χ1) is 12.6. The van der Waals surface area contributed by atoms with Crippen molar-refractivity contribution in [2.75, 3.05) is 0 Å². The van der Waals surface area contributed by atoms with Gasteiger partial charge in [0, 0.05) is 39.0 Å². The molecule has 0 spiro atoms. The Hall–Kier alpha value is -2.11. The van der Waals surface area contributed by atoms with E-state index in [4.69, 9.17) is 0 Å². The molecule has 0 aliphatic carbocycles. The Labute approximate surface area is 157 Å². The molecule has 1 amide bonds. The lowest BCUT2D eigenvalue weighted by molar-refractivity contribution is 0.0930. The van der Waals surface area contributed by atoms with Gasteiger partial charge in [-0.15, -0.1) is 0 Å². The number of hydrogen-bond donors (Lipinski definition) is 2. The monoisotopic (exact) mass is 366 g/mol. The Morgan fingerprint density at radius 3 is 2.08 bits per heavy atom. The van der Waals surface area contributed by atoms with Crippen molar-refractivity contribution in [2.45, 2.75) is 54.1 Å². The van der Waals surface area contributed by atoms with Gasteiger partial charge in [0.2, 0.25) is 0 Å². The summed E-state index contributed by atoms with van der Waals surface area (Å²) in [6.07, 6.45) is 3.44. The standard InChI is InChI=1S/C21H22N2O2S/c1-13(24)14-2-7-17(8-3-14)26-18-9-4-15(5-10-18)21(25)23-20-12-16-6-11-19(20)22-16/h2-5,7-10,16,19-20,22H,6,11-12H2,1H3,(H,23,25). The molecule has 2 heterocycles. The van der Waals surface area contributed by atoms with Crippen LogP contribution in [0.1, 0.15) is 46.9 Å². The summed E-state index contributed by atoms with van der Waals surface area (Å²) in [4.78, 5) is 25.9. The summed E-state index contributed by atoms with van der Waals surface area (Å²) in [5.41, 5.74) is 1.42. The molecule has 3 unspecified atom stereocenters. The van der Waals surface area contributed by atoms with Crippen LogP contribution in [0.2, 0.25) is 0 Å². The average molecular weight is 366 g/mol. The SMILES string of the molecule is CC(=O)c1ccc(Sc2ccc(C(=O)NC3CC4CCC3N4)cc2)cc1. The fraction of sp³-hybridized carbons (Fsp3) is 0.333. The van der Waals surface area contributed by atoms with E-state index < -0.39 is 0 Å². The van der Waals surface area contributed by atoms with Crippen LogP contribution in [0.3, 0.4) is 0 Å². The van der Waals surface area contributed by atoms with E-state index >= 15 is 0 Å². The van der Waals surface area contributed by atoms with E-state index in [0.717, 1.165) is 28.2 Å². The zero-order valence-corrected chi connectivity index (χ0v) is 15.5. The lowest BCUT2D eigenvalue weighted by Crippen LogP contribution is -2.42. The average Bonchev–Trinajstić information content (AvgIpc) is 3.26. The van der Waals surface area contributed by atoms with Crippen molar-refractivity contribution in [1.29, 1.82) is 0 Å². The smallest absolute Gasteiger partial charge is 0.251 e. The van der Waals surface area contributed by atoms with E-state index in [2.05, 4.69) is 10.6 Å². The van der Waals surface area contributed by atoms with E-state index in [9.17, 15) is 9.59 Å². The van der Waals surface area contributed by atoms with Crippen LogP contribution in [-0.2, 0) is 0 Å². The van der Waals surface area contributed by atoms with Crippen molar-refractivity contribution in [3.05, 3.63) is 59.7 Å². The molecule has 0 aromatic heterocycles. The van der Waals surface area contributed by atoms with E-state index in [1.165, 1.54) is 6.42 Å². The normalized spacial score (nSPS) is 23.8. The van der Waals surface area contributed by atoms with Crippen molar-refractivity contribution in [3.63, 3.8) is 0 Å². The second kappa shape index (κ2) is 7.25. The van der Waals surface area contributed by atoms with Crippen molar-refractivity contribution in [2.24, 2.45) is 0 Å². The number of nitrogens with one attached hydrogen (secondary N) is 2. The number of rotatable bonds is 5. The van der Waals surface area contributed by atoms with Crippen molar-refractivity contribution in [1.82, 2.24) is 10.6 Å². The molecule has 2 fully saturated rings. The van der Waals surface area contributed by atoms with E-state index in [0.29, 0.717) is 17.6 Å². The highest BCUT2D eigenvalue weighted by Crippen LogP contribution is 2.29. The molecule has 2 aromatic carbocycles. The number of carbonyl (C=O) groups excluding carboxylic acids is 2. The van der Waals surface area contributed by atoms with Crippen LogP contribution in [0.15, 0.2) is 58.3 Å². The lowest BCUT2D eigenvalue weighted by Gasteiger charge is -2.21. The van der Waals surface area contributed by atoms with Gasteiger partial charge in [-0.2, -0.15) is 0 Å². The molecule has 2 saturated heterocycles. The highest BCUT2D eigenvalue weighted by Gasteiger charge is 2.39. The maximum absolute atomic E-state index is 12.5. The molecule has 2 aromatic rings. The minimum atomic E-state index is 0.00621. The summed E-state index contributed by atoms with van der Waals surface area (Å²) < 4.78 is 0. The lowest BCUT2D eigenvalue weighted by atomic mass is 9.95. The van der Waals surface area contributed by atoms with Crippen molar-refractivity contribution >= 4 is 23.5 Å². The van der Waals surface area contributed by atoms with Gasteiger partial charge < -0.3 is 10.6 Å². The predicted octanol–water partition coefficient (Wildman–Crippen LogP) is 3.66. The summed E-state index contributed by atoms with van der Waals surface area (Å²) in [6.45, 7) is 1.57. The Morgan fingerprint density at radius 2 is 1.58 bits per heavy atom. The second-order valence-electron chi connectivity index (χ2n) is 7.07. The van der Waals surface area contributed by atoms with E-state index in [1.807, 2.05) is 48.5 Å². The van der Waals surface area contributed by atoms with Gasteiger partial charge in [-0.3, -0.25) is 9.59 Å². The summed E-state index contributed by atoms with van der Waals surface area (Å²) in [7, 11) is 0. The summed E-state index contributed by atoms with van der Waals surface area (Å²) >= 11 is 1.62. The number of amides is 1. The van der Waals surface area contributed by atoms with Gasteiger partial charge in [0.15, 0.2) is 5.78 Å². The van der Waals surface area contributed by atoms with Crippen LogP contribution in [0, 0.1) is 0 Å². The first-order valence-electron chi connectivity index (χ1n) is 9.04. The number of carbonyl (C=O) groups is 2. The quantitative estimate of drug-likeness (QED) is 0.793. The molecule has 5 heteroatoms. The van der Waals surface area contributed by atoms with Gasteiger partial charge in [0.05, 0.1) is 0 Å². The third-order valence-electron chi connectivity index (χ3n) is 5.23. The molecule has 4 rings (SSSR count). The van der Waals surface area contributed by atoms with E-state index in [1.54, 1.807) is 18.7 Å². The maximum Gasteiger partial charge on any atom is 0.251 e. The highest BCUT2D eigenvalue weighted by molar-refractivity contribution is 7.99. The van der Waals surface area contributed by atoms with Crippen molar-refractivity contribution < 1.29 is 9.59 Å². The second-order valence-corrected chi connectivity index (χ2v) is 8.22. The van der Waals surface area contributed by atoms with Gasteiger partial charge >= 0.3 is 0 Å². The zero-order valence-electron chi connectivity index (χ0n) is 14.7. The molecule has 0 saturated carbocycles. The van der Waals surface area contributed by atoms with Gasteiger partial charge in [0.1, 0.15) is 0 Å². The molecule has 134 valence electrons. The van der Waals surface area contributed by atoms with Crippen LogP contribution in [-0.4, -0.2) is 29.8 Å².